The van der Waals surface area contributed by atoms with Gasteiger partial charge in [0.25, 0.3) is 11.8 Å². The van der Waals surface area contributed by atoms with Gasteiger partial charge < -0.3 is 5.32 Å². The molecule has 1 unspecified atom stereocenters. The van der Waals surface area contributed by atoms with Gasteiger partial charge in [-0.3, -0.25) is 25.2 Å². The summed E-state index contributed by atoms with van der Waals surface area (Å²) in [5.41, 5.74) is 4.90. The highest BCUT2D eigenvalue weighted by molar-refractivity contribution is 7.89. The molecule has 1 atom stereocenters. The van der Waals surface area contributed by atoms with Crippen molar-refractivity contribution in [2.45, 2.75) is 50.5 Å². The van der Waals surface area contributed by atoms with E-state index in [1.165, 1.54) is 37.3 Å². The number of nitrogens with one attached hydrogen (secondary N) is 3. The predicted molar refractivity (Wildman–Crippen MR) is 122 cm³/mol. The van der Waals surface area contributed by atoms with Crippen LogP contribution in [0.25, 0.3) is 0 Å². The first kappa shape index (κ1) is 23.9. The fourth-order valence-electron chi connectivity index (χ4n) is 3.58. The third-order valence-corrected chi connectivity index (χ3v) is 8.05. The lowest BCUT2D eigenvalue weighted by molar-refractivity contribution is -0.119. The van der Waals surface area contributed by atoms with Crippen LogP contribution in [0.2, 0.25) is 0 Å². The van der Waals surface area contributed by atoms with E-state index in [9.17, 15) is 22.8 Å². The number of thiophene rings is 1. The molecule has 3 N–H and O–H groups in total. The van der Waals surface area contributed by atoms with E-state index in [-0.39, 0.29) is 22.1 Å². The van der Waals surface area contributed by atoms with Crippen molar-refractivity contribution in [1.82, 2.24) is 15.2 Å². The molecule has 0 spiro atoms. The lowest BCUT2D eigenvalue weighted by atomic mass is 10.0. The molecule has 1 aromatic carbocycles. The maximum absolute atomic E-state index is 13.1. The van der Waals surface area contributed by atoms with Crippen LogP contribution in [0.5, 0.6) is 0 Å². The monoisotopic (exact) mass is 478 g/mol. The van der Waals surface area contributed by atoms with Crippen molar-refractivity contribution in [1.29, 1.82) is 0 Å². The highest BCUT2D eigenvalue weighted by Crippen LogP contribution is 2.28. The number of amides is 3. The number of hydrazine groups is 1. The summed E-state index contributed by atoms with van der Waals surface area (Å²) in [6.07, 6.45) is 3.49. The second-order valence-electron chi connectivity index (χ2n) is 7.45. The molecule has 1 aliphatic heterocycles. The third-order valence-electron chi connectivity index (χ3n) is 5.26. The number of nitrogens with zero attached hydrogens (tertiary/aromatic N) is 1. The first-order valence-corrected chi connectivity index (χ1v) is 12.6. The third kappa shape index (κ3) is 5.34. The molecule has 32 heavy (non-hydrogen) atoms. The SMILES string of the molecule is CCC1CCCCN1S(=O)(=O)c1ccc(C(=O)Nc2sccc2C(=O)NNC(C)=O)cc1. The highest BCUT2D eigenvalue weighted by Gasteiger charge is 2.32. The summed E-state index contributed by atoms with van der Waals surface area (Å²) in [7, 11) is -3.63. The number of hydrogen-bond acceptors (Lipinski definition) is 6. The van der Waals surface area contributed by atoms with Gasteiger partial charge >= 0.3 is 0 Å². The van der Waals surface area contributed by atoms with E-state index < -0.39 is 27.7 Å². The minimum Gasteiger partial charge on any atom is -0.313 e. The van der Waals surface area contributed by atoms with E-state index in [1.807, 2.05) is 6.92 Å². The van der Waals surface area contributed by atoms with Gasteiger partial charge in [-0.2, -0.15) is 4.31 Å². The largest absolute Gasteiger partial charge is 0.313 e. The van der Waals surface area contributed by atoms with Gasteiger partial charge in [0.15, 0.2) is 0 Å². The topological polar surface area (TPSA) is 125 Å². The summed E-state index contributed by atoms with van der Waals surface area (Å²) in [6.45, 7) is 3.75. The first-order valence-electron chi connectivity index (χ1n) is 10.3. The van der Waals surface area contributed by atoms with Crippen LogP contribution in [0.4, 0.5) is 5.00 Å². The lowest BCUT2D eigenvalue weighted by Crippen LogP contribution is -2.43. The minimum atomic E-state index is -3.63. The number of hydrogen-bond donors (Lipinski definition) is 3. The zero-order valence-corrected chi connectivity index (χ0v) is 19.5. The Labute approximate surface area is 191 Å². The molecule has 2 aromatic rings. The van der Waals surface area contributed by atoms with Gasteiger partial charge in [0.1, 0.15) is 5.00 Å². The van der Waals surface area contributed by atoms with E-state index in [0.717, 1.165) is 37.0 Å². The fraction of sp³-hybridized carbons (Fsp3) is 0.381. The number of piperidine rings is 1. The molecule has 1 fully saturated rings. The molecule has 0 saturated carbocycles. The molecule has 3 rings (SSSR count). The van der Waals surface area contributed by atoms with Crippen molar-refractivity contribution in [2.75, 3.05) is 11.9 Å². The van der Waals surface area contributed by atoms with Crippen LogP contribution in [0, 0.1) is 0 Å². The summed E-state index contributed by atoms with van der Waals surface area (Å²) >= 11 is 1.16. The Morgan fingerprint density at radius 1 is 1.06 bits per heavy atom. The Morgan fingerprint density at radius 3 is 2.44 bits per heavy atom. The van der Waals surface area contributed by atoms with Crippen LogP contribution in [0.3, 0.4) is 0 Å². The van der Waals surface area contributed by atoms with Crippen molar-refractivity contribution in [2.24, 2.45) is 0 Å². The zero-order valence-electron chi connectivity index (χ0n) is 17.9. The number of benzene rings is 1. The van der Waals surface area contributed by atoms with Crippen molar-refractivity contribution >= 4 is 44.1 Å². The molecule has 172 valence electrons. The van der Waals surface area contributed by atoms with Crippen molar-refractivity contribution < 1.29 is 22.8 Å². The number of carbonyl (C=O) groups excluding carboxylic acids is 3. The number of carbonyl (C=O) groups is 3. The second kappa shape index (κ2) is 10.2. The van der Waals surface area contributed by atoms with Gasteiger partial charge in [0, 0.05) is 25.1 Å². The highest BCUT2D eigenvalue weighted by atomic mass is 32.2. The first-order chi connectivity index (χ1) is 15.2. The molecule has 9 nitrogen and oxygen atoms in total. The number of anilines is 1. The molecule has 11 heteroatoms. The summed E-state index contributed by atoms with van der Waals surface area (Å²) in [5, 5.41) is 4.61. The summed E-state index contributed by atoms with van der Waals surface area (Å²) in [6, 6.07) is 7.30. The Morgan fingerprint density at radius 2 is 1.78 bits per heavy atom. The summed E-state index contributed by atoms with van der Waals surface area (Å²) in [4.78, 5) is 35.9. The van der Waals surface area contributed by atoms with Gasteiger partial charge in [-0.05, 0) is 55.0 Å². The normalized spacial score (nSPS) is 16.9. The van der Waals surface area contributed by atoms with Crippen LogP contribution in [0.15, 0.2) is 40.6 Å². The predicted octanol–water partition coefficient (Wildman–Crippen LogP) is 2.73. The number of rotatable bonds is 6. The summed E-state index contributed by atoms with van der Waals surface area (Å²) < 4.78 is 27.7. The van der Waals surface area contributed by atoms with Crippen molar-refractivity contribution in [3.05, 3.63) is 46.8 Å². The molecule has 0 bridgehead atoms. The standard InChI is InChI=1S/C21H26N4O5S2/c1-3-16-6-4-5-12-25(16)32(29,30)17-9-7-15(8-10-17)19(27)22-21-18(11-13-31-21)20(28)24-23-14(2)26/h7-11,13,16H,3-6,12H2,1-2H3,(H,22,27)(H,23,26)(H,24,28). The van der Waals surface area contributed by atoms with Gasteiger partial charge in [0.05, 0.1) is 10.5 Å². The lowest BCUT2D eigenvalue weighted by Gasteiger charge is -2.34. The molecule has 3 amide bonds. The Hall–Kier alpha value is -2.76. The quantitative estimate of drug-likeness (QED) is 0.551. The van der Waals surface area contributed by atoms with Gasteiger partial charge in [-0.1, -0.05) is 13.3 Å². The van der Waals surface area contributed by atoms with E-state index in [1.54, 1.807) is 9.69 Å². The average molecular weight is 479 g/mol. The smallest absolute Gasteiger partial charge is 0.272 e. The molecular weight excluding hydrogens is 452 g/mol. The average Bonchev–Trinajstić information content (AvgIpc) is 3.25. The van der Waals surface area contributed by atoms with E-state index in [2.05, 4.69) is 16.2 Å². The van der Waals surface area contributed by atoms with Crippen molar-refractivity contribution in [3.8, 4) is 0 Å². The van der Waals surface area contributed by atoms with Gasteiger partial charge in [0.2, 0.25) is 15.9 Å². The number of sulfonamides is 1. The molecule has 1 aliphatic rings. The van der Waals surface area contributed by atoms with Crippen LogP contribution in [0.1, 0.15) is 60.2 Å². The molecule has 2 heterocycles. The molecular formula is C21H26N4O5S2. The Bertz CT molecular complexity index is 1100. The molecule has 1 saturated heterocycles. The van der Waals surface area contributed by atoms with Gasteiger partial charge in [-0.15, -0.1) is 11.3 Å². The maximum Gasteiger partial charge on any atom is 0.272 e. The van der Waals surface area contributed by atoms with Crippen LogP contribution < -0.4 is 16.2 Å². The van der Waals surface area contributed by atoms with Crippen LogP contribution in [-0.2, 0) is 14.8 Å². The van der Waals surface area contributed by atoms with E-state index in [4.69, 9.17) is 0 Å². The van der Waals surface area contributed by atoms with E-state index in [0.29, 0.717) is 11.5 Å². The maximum atomic E-state index is 13.1. The van der Waals surface area contributed by atoms with Crippen LogP contribution >= 0.6 is 11.3 Å². The molecule has 0 aliphatic carbocycles. The Kier molecular flexibility index (Phi) is 7.64. The fourth-order valence-corrected chi connectivity index (χ4v) is 6.13. The molecule has 1 aromatic heterocycles. The summed E-state index contributed by atoms with van der Waals surface area (Å²) in [5.74, 6) is -1.47. The molecule has 0 radical (unpaired) electrons. The zero-order chi connectivity index (χ0) is 23.3. The minimum absolute atomic E-state index is 0.00221. The van der Waals surface area contributed by atoms with E-state index >= 15 is 0 Å². The van der Waals surface area contributed by atoms with Crippen LogP contribution in [-0.4, -0.2) is 43.0 Å². The van der Waals surface area contributed by atoms with Gasteiger partial charge in [-0.25, -0.2) is 8.42 Å². The Balaban J connectivity index is 1.72. The van der Waals surface area contributed by atoms with Crippen molar-refractivity contribution in [3.63, 3.8) is 0 Å². The second-order valence-corrected chi connectivity index (χ2v) is 10.3.